The lowest BCUT2D eigenvalue weighted by atomic mass is 10.1. The summed E-state index contributed by atoms with van der Waals surface area (Å²) in [5.41, 5.74) is 2.82. The lowest BCUT2D eigenvalue weighted by Gasteiger charge is -2.28. The Morgan fingerprint density at radius 2 is 1.64 bits per heavy atom. The molecule has 1 aliphatic rings. The molecule has 2 heterocycles. The van der Waals surface area contributed by atoms with Gasteiger partial charge in [-0.3, -0.25) is 0 Å². The molecule has 0 saturated carbocycles. The number of rotatable bonds is 5. The molecule has 1 aromatic heterocycles. The van der Waals surface area contributed by atoms with Gasteiger partial charge < -0.3 is 15.5 Å². The van der Waals surface area contributed by atoms with Gasteiger partial charge in [-0.25, -0.2) is 9.37 Å². The van der Waals surface area contributed by atoms with Gasteiger partial charge in [-0.1, -0.05) is 11.6 Å². The molecule has 1 saturated heterocycles. The molecule has 0 spiro atoms. The van der Waals surface area contributed by atoms with E-state index in [1.807, 2.05) is 12.1 Å². The first-order valence-electron chi connectivity index (χ1n) is 9.34. The summed E-state index contributed by atoms with van der Waals surface area (Å²) in [7, 11) is 0. The second-order valence-corrected chi connectivity index (χ2v) is 7.15. The Hall–Kier alpha value is -2.86. The highest BCUT2D eigenvalue weighted by molar-refractivity contribution is 6.31. The number of anilines is 5. The Balaban J connectivity index is 1.43. The smallest absolute Gasteiger partial charge is 0.229 e. The van der Waals surface area contributed by atoms with Gasteiger partial charge in [-0.2, -0.15) is 4.98 Å². The number of hydrogen-bond acceptors (Lipinski definition) is 5. The van der Waals surface area contributed by atoms with Gasteiger partial charge in [0.2, 0.25) is 5.95 Å². The van der Waals surface area contributed by atoms with Gasteiger partial charge in [0.05, 0.1) is 5.02 Å². The fourth-order valence-electron chi connectivity index (χ4n) is 3.25. The second-order valence-electron chi connectivity index (χ2n) is 6.74. The van der Waals surface area contributed by atoms with E-state index in [1.165, 1.54) is 37.1 Å². The third-order valence-corrected chi connectivity index (χ3v) is 4.98. The van der Waals surface area contributed by atoms with Crippen molar-refractivity contribution in [2.24, 2.45) is 0 Å². The van der Waals surface area contributed by atoms with E-state index in [4.69, 9.17) is 11.6 Å². The van der Waals surface area contributed by atoms with E-state index < -0.39 is 5.82 Å². The van der Waals surface area contributed by atoms with Crippen LogP contribution in [0.5, 0.6) is 0 Å². The summed E-state index contributed by atoms with van der Waals surface area (Å²) < 4.78 is 13.3. The molecule has 0 bridgehead atoms. The van der Waals surface area contributed by atoms with Crippen molar-refractivity contribution in [3.8, 4) is 0 Å². The van der Waals surface area contributed by atoms with E-state index in [-0.39, 0.29) is 5.02 Å². The van der Waals surface area contributed by atoms with E-state index in [1.54, 1.807) is 18.3 Å². The second kappa shape index (κ2) is 8.44. The van der Waals surface area contributed by atoms with E-state index in [0.717, 1.165) is 18.8 Å². The van der Waals surface area contributed by atoms with Crippen molar-refractivity contribution in [1.29, 1.82) is 0 Å². The largest absolute Gasteiger partial charge is 0.372 e. The Bertz CT molecular complexity index is 942. The van der Waals surface area contributed by atoms with Gasteiger partial charge in [0.25, 0.3) is 0 Å². The normalized spacial score (nSPS) is 14.0. The standard InChI is InChI=1S/C21H21ClFN5/c22-18-14-16(6-9-19(18)23)25-20-10-11-24-21(27-20)26-15-4-7-17(8-5-15)28-12-2-1-3-13-28/h4-11,14H,1-3,12-13H2,(H2,24,25,26,27). The van der Waals surface area contributed by atoms with Crippen LogP contribution in [0.1, 0.15) is 19.3 Å². The SMILES string of the molecule is Fc1ccc(Nc2ccnc(Nc3ccc(N4CCCCC4)cc3)n2)cc1Cl. The molecule has 0 amide bonds. The maximum absolute atomic E-state index is 13.3. The van der Waals surface area contributed by atoms with Gasteiger partial charge in [0.1, 0.15) is 11.6 Å². The number of aromatic nitrogens is 2. The predicted molar refractivity (Wildman–Crippen MR) is 113 cm³/mol. The maximum Gasteiger partial charge on any atom is 0.229 e. The van der Waals surface area contributed by atoms with Crippen LogP contribution in [-0.4, -0.2) is 23.1 Å². The topological polar surface area (TPSA) is 53.1 Å². The molecule has 1 fully saturated rings. The summed E-state index contributed by atoms with van der Waals surface area (Å²) in [6.07, 6.45) is 5.49. The molecule has 4 rings (SSSR count). The van der Waals surface area contributed by atoms with Crippen molar-refractivity contribution in [3.63, 3.8) is 0 Å². The number of nitrogens with zero attached hydrogens (tertiary/aromatic N) is 3. The molecule has 0 unspecified atom stereocenters. The zero-order valence-electron chi connectivity index (χ0n) is 15.3. The third kappa shape index (κ3) is 4.51. The molecule has 7 heteroatoms. The average Bonchev–Trinajstić information content (AvgIpc) is 2.72. The minimum absolute atomic E-state index is 0.0613. The molecule has 0 atom stereocenters. The summed E-state index contributed by atoms with van der Waals surface area (Å²) in [6.45, 7) is 2.24. The molecular formula is C21H21ClFN5. The van der Waals surface area contributed by atoms with Crippen LogP contribution in [0.2, 0.25) is 5.02 Å². The van der Waals surface area contributed by atoms with Crippen LogP contribution in [0.3, 0.4) is 0 Å². The molecule has 28 heavy (non-hydrogen) atoms. The quantitative estimate of drug-likeness (QED) is 0.574. The molecule has 2 N–H and O–H groups in total. The molecule has 5 nitrogen and oxygen atoms in total. The highest BCUT2D eigenvalue weighted by Crippen LogP contribution is 2.24. The Morgan fingerprint density at radius 1 is 0.893 bits per heavy atom. The zero-order chi connectivity index (χ0) is 19.3. The van der Waals surface area contributed by atoms with Crippen LogP contribution in [0.4, 0.5) is 33.2 Å². The van der Waals surface area contributed by atoms with Crippen LogP contribution in [0, 0.1) is 5.82 Å². The summed E-state index contributed by atoms with van der Waals surface area (Å²) >= 11 is 5.82. The Kier molecular flexibility index (Phi) is 5.58. The lowest BCUT2D eigenvalue weighted by molar-refractivity contribution is 0.578. The first kappa shape index (κ1) is 18.5. The van der Waals surface area contributed by atoms with Gasteiger partial charge in [0, 0.05) is 36.3 Å². The fourth-order valence-corrected chi connectivity index (χ4v) is 3.43. The summed E-state index contributed by atoms with van der Waals surface area (Å²) in [4.78, 5) is 11.1. The van der Waals surface area contributed by atoms with Gasteiger partial charge in [0.15, 0.2) is 0 Å². The van der Waals surface area contributed by atoms with Crippen LogP contribution < -0.4 is 15.5 Å². The molecule has 0 aliphatic carbocycles. The van der Waals surface area contributed by atoms with Crippen molar-refractivity contribution >= 4 is 40.4 Å². The minimum Gasteiger partial charge on any atom is -0.372 e. The van der Waals surface area contributed by atoms with Crippen LogP contribution in [-0.2, 0) is 0 Å². The molecular weight excluding hydrogens is 377 g/mol. The van der Waals surface area contributed by atoms with E-state index in [0.29, 0.717) is 17.5 Å². The van der Waals surface area contributed by atoms with E-state index in [2.05, 4.69) is 37.6 Å². The number of halogens is 2. The number of piperidine rings is 1. The van der Waals surface area contributed by atoms with Crippen molar-refractivity contribution in [1.82, 2.24) is 9.97 Å². The number of benzene rings is 2. The number of hydrogen-bond donors (Lipinski definition) is 2. The van der Waals surface area contributed by atoms with Crippen molar-refractivity contribution in [3.05, 3.63) is 65.6 Å². The van der Waals surface area contributed by atoms with Gasteiger partial charge in [-0.05, 0) is 67.8 Å². The van der Waals surface area contributed by atoms with E-state index in [9.17, 15) is 4.39 Å². The monoisotopic (exact) mass is 397 g/mol. The maximum atomic E-state index is 13.3. The predicted octanol–water partition coefficient (Wildman–Crippen LogP) is 5.75. The van der Waals surface area contributed by atoms with Crippen LogP contribution in [0.25, 0.3) is 0 Å². The van der Waals surface area contributed by atoms with E-state index >= 15 is 0 Å². The molecule has 3 aromatic rings. The summed E-state index contributed by atoms with van der Waals surface area (Å²) in [5, 5.41) is 6.38. The Labute approximate surface area is 168 Å². The third-order valence-electron chi connectivity index (χ3n) is 4.69. The zero-order valence-corrected chi connectivity index (χ0v) is 16.1. The first-order chi connectivity index (χ1) is 13.7. The van der Waals surface area contributed by atoms with Crippen LogP contribution in [0.15, 0.2) is 54.7 Å². The van der Waals surface area contributed by atoms with Crippen LogP contribution >= 0.6 is 11.6 Å². The minimum atomic E-state index is -0.453. The lowest BCUT2D eigenvalue weighted by Crippen LogP contribution is -2.29. The molecule has 144 valence electrons. The number of nitrogens with one attached hydrogen (secondary N) is 2. The van der Waals surface area contributed by atoms with Crippen molar-refractivity contribution in [2.75, 3.05) is 28.6 Å². The highest BCUT2D eigenvalue weighted by Gasteiger charge is 2.10. The van der Waals surface area contributed by atoms with Gasteiger partial charge >= 0.3 is 0 Å². The fraction of sp³-hybridized carbons (Fsp3) is 0.238. The van der Waals surface area contributed by atoms with Gasteiger partial charge in [-0.15, -0.1) is 0 Å². The molecule has 2 aromatic carbocycles. The summed E-state index contributed by atoms with van der Waals surface area (Å²) in [5.74, 6) is 0.610. The highest BCUT2D eigenvalue weighted by atomic mass is 35.5. The van der Waals surface area contributed by atoms with Crippen molar-refractivity contribution < 1.29 is 4.39 Å². The average molecular weight is 398 g/mol. The Morgan fingerprint density at radius 3 is 2.39 bits per heavy atom. The molecule has 0 radical (unpaired) electrons. The van der Waals surface area contributed by atoms with Crippen molar-refractivity contribution in [2.45, 2.75) is 19.3 Å². The summed E-state index contributed by atoms with van der Waals surface area (Å²) in [6, 6.07) is 14.5. The molecule has 1 aliphatic heterocycles. The first-order valence-corrected chi connectivity index (χ1v) is 9.72.